The second-order valence-corrected chi connectivity index (χ2v) is 9.55. The Kier molecular flexibility index (Phi) is 27.4. The largest absolute Gasteiger partial charge is 1.00 e. The van der Waals surface area contributed by atoms with E-state index in [-0.39, 0.29) is 57.9 Å². The van der Waals surface area contributed by atoms with Crippen LogP contribution in [0.1, 0.15) is 130 Å². The van der Waals surface area contributed by atoms with E-state index in [1.807, 2.05) is 0 Å². The molecule has 0 aromatic heterocycles. The number of rotatable bonds is 22. The summed E-state index contributed by atoms with van der Waals surface area (Å²) in [6.45, 7) is 11.1. The smallest absolute Gasteiger partial charge is 0.549 e. The average Bonchev–Trinajstić information content (AvgIpc) is 2.69. The minimum Gasteiger partial charge on any atom is -0.549 e. The number of hydrogen-bond donors (Lipinski definition) is 0. The number of nitrogens with zero attached hydrogens (tertiary/aromatic N) is 1. The Hall–Kier alpha value is 1.07. The van der Waals surface area contributed by atoms with Crippen molar-refractivity contribution in [3.8, 4) is 0 Å². The van der Waals surface area contributed by atoms with E-state index < -0.39 is 5.97 Å². The zero-order valence-electron chi connectivity index (χ0n) is 21.4. The van der Waals surface area contributed by atoms with Gasteiger partial charge in [-0.2, -0.15) is 0 Å². The first-order chi connectivity index (χ1) is 14.0. The molecule has 2 unspecified atom stereocenters. The molecule has 0 aromatic carbocycles. The van der Waals surface area contributed by atoms with Gasteiger partial charge in [-0.1, -0.05) is 118 Å². The van der Waals surface area contributed by atoms with E-state index in [9.17, 15) is 9.90 Å². The molecule has 0 fully saturated rings. The Bertz CT molecular complexity index is 339. The van der Waals surface area contributed by atoms with E-state index in [1.54, 1.807) is 0 Å². The molecular formula is C26H52KNO2. The van der Waals surface area contributed by atoms with Crippen LogP contribution in [0, 0.1) is 11.8 Å². The van der Waals surface area contributed by atoms with Gasteiger partial charge in [0.25, 0.3) is 0 Å². The van der Waals surface area contributed by atoms with Gasteiger partial charge >= 0.3 is 51.4 Å². The zero-order valence-corrected chi connectivity index (χ0v) is 24.5. The molecule has 0 heterocycles. The van der Waals surface area contributed by atoms with Crippen molar-refractivity contribution in [2.75, 3.05) is 19.6 Å². The zero-order chi connectivity index (χ0) is 21.7. The Labute approximate surface area is 232 Å². The van der Waals surface area contributed by atoms with Crippen LogP contribution in [0.5, 0.6) is 0 Å². The van der Waals surface area contributed by atoms with Crippen molar-refractivity contribution in [1.82, 2.24) is 4.90 Å². The molecule has 0 aliphatic carbocycles. The Balaban J connectivity index is 0. The Morgan fingerprint density at radius 1 is 0.667 bits per heavy atom. The van der Waals surface area contributed by atoms with Crippen LogP contribution in [0.3, 0.4) is 0 Å². The monoisotopic (exact) mass is 449 g/mol. The third kappa shape index (κ3) is 23.7. The minimum atomic E-state index is -0.933. The Morgan fingerprint density at radius 2 is 1.03 bits per heavy atom. The fourth-order valence-corrected chi connectivity index (χ4v) is 4.09. The summed E-state index contributed by atoms with van der Waals surface area (Å²) in [5.74, 6) is 0.439. The summed E-state index contributed by atoms with van der Waals surface area (Å²) in [5.41, 5.74) is 0. The number of aliphatic carboxylic acids is 1. The van der Waals surface area contributed by atoms with Gasteiger partial charge in [-0.3, -0.25) is 4.90 Å². The van der Waals surface area contributed by atoms with Crippen molar-refractivity contribution in [1.29, 1.82) is 0 Å². The summed E-state index contributed by atoms with van der Waals surface area (Å²) in [5, 5.41) is 11.1. The third-order valence-electron chi connectivity index (χ3n) is 6.33. The molecule has 0 aromatic rings. The number of hydrogen-bond acceptors (Lipinski definition) is 3. The summed E-state index contributed by atoms with van der Waals surface area (Å²) in [6.07, 6.45) is 20.9. The fourth-order valence-electron chi connectivity index (χ4n) is 4.09. The first kappa shape index (κ1) is 33.2. The molecule has 0 bridgehead atoms. The normalized spacial score (nSPS) is 13.2. The fraction of sp³-hybridized carbons (Fsp3) is 0.962. The predicted octanol–water partition coefficient (Wildman–Crippen LogP) is 3.60. The maximum Gasteiger partial charge on any atom is 1.00 e. The number of unbranched alkanes of at least 4 members (excludes halogenated alkanes) is 10. The van der Waals surface area contributed by atoms with E-state index in [4.69, 9.17) is 0 Å². The van der Waals surface area contributed by atoms with E-state index in [2.05, 4.69) is 32.6 Å². The standard InChI is InChI=1S/C26H53NO2.K/c1-5-7-9-11-13-15-17-24(3)19-21-27(23-26(28)29)22-20-25(4)18-16-14-12-10-8-6-2;/h24-25H,5-23H2,1-4H3,(H,28,29);/q;+1/p-1. The number of carboxylic acid groups (broad SMARTS) is 1. The summed E-state index contributed by atoms with van der Waals surface area (Å²) in [4.78, 5) is 13.3. The molecule has 0 spiro atoms. The molecule has 0 N–H and O–H groups in total. The van der Waals surface area contributed by atoms with Gasteiger partial charge in [0.05, 0.1) is 5.97 Å². The molecule has 2 atom stereocenters. The second kappa shape index (κ2) is 24.7. The van der Waals surface area contributed by atoms with Crippen LogP contribution in [0.4, 0.5) is 0 Å². The average molecular weight is 450 g/mol. The van der Waals surface area contributed by atoms with Gasteiger partial charge in [-0.15, -0.1) is 0 Å². The maximum atomic E-state index is 11.1. The van der Waals surface area contributed by atoms with Gasteiger partial charge in [-0.25, -0.2) is 0 Å². The van der Waals surface area contributed by atoms with Crippen molar-refractivity contribution in [3.63, 3.8) is 0 Å². The molecule has 0 saturated carbocycles. The Morgan fingerprint density at radius 3 is 1.40 bits per heavy atom. The van der Waals surface area contributed by atoms with Crippen molar-refractivity contribution in [2.45, 2.75) is 130 Å². The van der Waals surface area contributed by atoms with Crippen LogP contribution >= 0.6 is 0 Å². The number of carbonyl (C=O) groups is 1. The van der Waals surface area contributed by atoms with E-state index in [1.165, 1.54) is 89.9 Å². The van der Waals surface area contributed by atoms with E-state index in [0.29, 0.717) is 11.8 Å². The van der Waals surface area contributed by atoms with E-state index in [0.717, 1.165) is 25.9 Å². The second-order valence-electron chi connectivity index (χ2n) is 9.55. The van der Waals surface area contributed by atoms with Crippen molar-refractivity contribution >= 4 is 5.97 Å². The van der Waals surface area contributed by atoms with Gasteiger partial charge in [0.1, 0.15) is 0 Å². The maximum absolute atomic E-state index is 11.1. The van der Waals surface area contributed by atoms with Crippen molar-refractivity contribution < 1.29 is 61.3 Å². The van der Waals surface area contributed by atoms with Crippen LogP contribution in [-0.4, -0.2) is 30.5 Å². The number of carbonyl (C=O) groups excluding carboxylic acids is 1. The van der Waals surface area contributed by atoms with E-state index >= 15 is 0 Å². The topological polar surface area (TPSA) is 43.4 Å². The number of carboxylic acids is 1. The molecule has 4 heteroatoms. The first-order valence-corrected chi connectivity index (χ1v) is 12.9. The summed E-state index contributed by atoms with van der Waals surface area (Å²) >= 11 is 0. The summed E-state index contributed by atoms with van der Waals surface area (Å²) < 4.78 is 0. The van der Waals surface area contributed by atoms with Gasteiger partial charge < -0.3 is 9.90 Å². The molecule has 0 amide bonds. The molecule has 30 heavy (non-hydrogen) atoms. The minimum absolute atomic E-state index is 0. The summed E-state index contributed by atoms with van der Waals surface area (Å²) in [6, 6.07) is 0. The van der Waals surface area contributed by atoms with Crippen molar-refractivity contribution in [2.24, 2.45) is 11.8 Å². The van der Waals surface area contributed by atoms with Gasteiger partial charge in [0.15, 0.2) is 0 Å². The SMILES string of the molecule is CCCCCCCCC(C)CCN(CCC(C)CCCCCCCC)CC(=O)[O-].[K+]. The molecule has 0 aliphatic rings. The van der Waals surface area contributed by atoms with Crippen LogP contribution < -0.4 is 56.5 Å². The molecule has 0 saturated heterocycles. The quantitative estimate of drug-likeness (QED) is 0.187. The molecule has 0 aliphatic heterocycles. The summed E-state index contributed by atoms with van der Waals surface area (Å²) in [7, 11) is 0. The van der Waals surface area contributed by atoms with Gasteiger partial charge in [-0.05, 0) is 37.8 Å². The third-order valence-corrected chi connectivity index (χ3v) is 6.33. The molecule has 3 nitrogen and oxygen atoms in total. The van der Waals surface area contributed by atoms with Gasteiger partial charge in [0, 0.05) is 6.54 Å². The van der Waals surface area contributed by atoms with Crippen LogP contribution in [0.25, 0.3) is 0 Å². The molecular weight excluding hydrogens is 397 g/mol. The van der Waals surface area contributed by atoms with Gasteiger partial charge in [0.2, 0.25) is 0 Å². The molecule has 174 valence electrons. The van der Waals surface area contributed by atoms with Crippen molar-refractivity contribution in [3.05, 3.63) is 0 Å². The predicted molar refractivity (Wildman–Crippen MR) is 125 cm³/mol. The van der Waals surface area contributed by atoms with Crippen LogP contribution in [0.15, 0.2) is 0 Å². The van der Waals surface area contributed by atoms with Crippen LogP contribution in [0.2, 0.25) is 0 Å². The van der Waals surface area contributed by atoms with Crippen LogP contribution in [-0.2, 0) is 4.79 Å². The molecule has 0 radical (unpaired) electrons. The first-order valence-electron chi connectivity index (χ1n) is 12.9. The molecule has 0 rings (SSSR count).